The number of hydrogen-bond donors (Lipinski definition) is 1. The maximum atomic E-state index is 11.9. The van der Waals surface area contributed by atoms with Crippen LogP contribution < -0.4 is 14.8 Å². The maximum absolute atomic E-state index is 11.9. The number of hydrogen-bond acceptors (Lipinski definition) is 5. The van der Waals surface area contributed by atoms with E-state index in [0.717, 1.165) is 10.6 Å². The Morgan fingerprint density at radius 2 is 2.10 bits per heavy atom. The van der Waals surface area contributed by atoms with Crippen LogP contribution in [0.4, 0.5) is 0 Å². The fourth-order valence-corrected chi connectivity index (χ4v) is 3.10. The van der Waals surface area contributed by atoms with Gasteiger partial charge in [0.2, 0.25) is 0 Å². The van der Waals surface area contributed by atoms with Crippen LogP contribution in [0.15, 0.2) is 10.3 Å². The summed E-state index contributed by atoms with van der Waals surface area (Å²) in [6.45, 7) is 7.46. The topological polar surface area (TPSA) is 62.8 Å². The third kappa shape index (κ3) is 3.32. The monoisotopic (exact) mass is 308 g/mol. The minimum absolute atomic E-state index is 0.00415. The Kier molecular flexibility index (Phi) is 4.06. The molecule has 0 aromatic carbocycles. The third-order valence-corrected chi connectivity index (χ3v) is 4.57. The lowest BCUT2D eigenvalue weighted by Gasteiger charge is -2.12. The van der Waals surface area contributed by atoms with E-state index in [9.17, 15) is 9.59 Å². The number of nitrogens with zero attached hydrogens (tertiary/aromatic N) is 1. The van der Waals surface area contributed by atoms with Gasteiger partial charge in [0, 0.05) is 11.5 Å². The summed E-state index contributed by atoms with van der Waals surface area (Å²) in [5.41, 5.74) is 2.04. The van der Waals surface area contributed by atoms with E-state index in [1.165, 1.54) is 28.7 Å². The van der Waals surface area contributed by atoms with E-state index < -0.39 is 5.41 Å². The highest BCUT2D eigenvalue weighted by atomic mass is 32.1. The smallest absolute Gasteiger partial charge is 0.266 e. The second kappa shape index (κ2) is 5.46. The quantitative estimate of drug-likeness (QED) is 0.913. The molecule has 0 aliphatic rings. The molecule has 0 fully saturated rings. The zero-order valence-electron chi connectivity index (χ0n) is 11.8. The molecule has 1 N–H and O–H groups in total. The fourth-order valence-electron chi connectivity index (χ4n) is 1.43. The summed E-state index contributed by atoms with van der Waals surface area (Å²) in [5, 5.41) is 0. The van der Waals surface area contributed by atoms with Gasteiger partial charge < -0.3 is 4.98 Å². The number of thiazole rings is 2. The van der Waals surface area contributed by atoms with Crippen LogP contribution in [0.5, 0.6) is 0 Å². The number of carbonyl (C=O) groups is 1. The van der Waals surface area contributed by atoms with Gasteiger partial charge in [-0.3, -0.25) is 9.59 Å². The zero-order chi connectivity index (χ0) is 14.9. The molecule has 0 bridgehead atoms. The van der Waals surface area contributed by atoms with E-state index in [1.807, 2.05) is 33.8 Å². The van der Waals surface area contributed by atoms with Crippen LogP contribution in [-0.4, -0.2) is 15.8 Å². The van der Waals surface area contributed by atoms with E-state index in [-0.39, 0.29) is 11.3 Å². The maximum Gasteiger partial charge on any atom is 0.266 e. The Balaban J connectivity index is 2.49. The summed E-state index contributed by atoms with van der Waals surface area (Å²) < 4.78 is 1.17. The van der Waals surface area contributed by atoms with Crippen LogP contribution in [0, 0.1) is 12.3 Å². The van der Waals surface area contributed by atoms with Gasteiger partial charge >= 0.3 is 0 Å². The first kappa shape index (κ1) is 14.9. The summed E-state index contributed by atoms with van der Waals surface area (Å²) >= 11 is 2.78. The molecule has 0 saturated carbocycles. The first-order chi connectivity index (χ1) is 9.27. The molecule has 0 radical (unpaired) electrons. The van der Waals surface area contributed by atoms with Crippen LogP contribution in [-0.2, 0) is 4.79 Å². The van der Waals surface area contributed by atoms with Gasteiger partial charge in [-0.25, -0.2) is 4.98 Å². The minimum atomic E-state index is -0.445. The molecule has 0 amide bonds. The highest BCUT2D eigenvalue weighted by Gasteiger charge is 2.18. The van der Waals surface area contributed by atoms with Crippen molar-refractivity contribution in [3.8, 4) is 0 Å². The van der Waals surface area contributed by atoms with Crippen molar-refractivity contribution in [1.82, 2.24) is 9.97 Å². The Labute approximate surface area is 124 Å². The molecule has 4 nitrogen and oxygen atoms in total. The largest absolute Gasteiger partial charge is 0.313 e. The van der Waals surface area contributed by atoms with Crippen molar-refractivity contribution in [2.45, 2.75) is 27.7 Å². The number of nitrogens with one attached hydrogen (secondary N) is 1. The van der Waals surface area contributed by atoms with Crippen LogP contribution in [0.3, 0.4) is 0 Å². The van der Waals surface area contributed by atoms with Crippen molar-refractivity contribution >= 4 is 40.6 Å². The SMILES string of the molecule is Cc1ncsc1/C=c1\s/c(=C/C(=O)C(C)(C)C)[nH]c1=O. The van der Waals surface area contributed by atoms with Crippen LogP contribution >= 0.6 is 22.7 Å². The highest BCUT2D eigenvalue weighted by Crippen LogP contribution is 2.15. The Morgan fingerprint density at radius 1 is 1.40 bits per heavy atom. The third-order valence-electron chi connectivity index (χ3n) is 2.73. The van der Waals surface area contributed by atoms with Crippen LogP contribution in [0.1, 0.15) is 31.3 Å². The highest BCUT2D eigenvalue weighted by molar-refractivity contribution is 7.11. The number of ketones is 1. The van der Waals surface area contributed by atoms with Crippen molar-refractivity contribution in [2.24, 2.45) is 5.41 Å². The summed E-state index contributed by atoms with van der Waals surface area (Å²) in [4.78, 5) is 31.7. The number of aromatic nitrogens is 2. The summed E-state index contributed by atoms with van der Waals surface area (Å²) in [6.07, 6.45) is 3.32. The summed E-state index contributed by atoms with van der Waals surface area (Å²) in [7, 11) is 0. The van der Waals surface area contributed by atoms with E-state index in [2.05, 4.69) is 9.97 Å². The van der Waals surface area contributed by atoms with Crippen LogP contribution in [0.25, 0.3) is 12.2 Å². The molecule has 106 valence electrons. The zero-order valence-corrected chi connectivity index (χ0v) is 13.4. The predicted molar refractivity (Wildman–Crippen MR) is 83.5 cm³/mol. The molecule has 2 heterocycles. The van der Waals surface area contributed by atoms with E-state index in [4.69, 9.17) is 0 Å². The molecular formula is C14H16N2O2S2. The molecule has 0 aliphatic carbocycles. The number of carbonyl (C=O) groups excluding carboxylic acids is 1. The number of rotatable bonds is 2. The van der Waals surface area contributed by atoms with Crippen LogP contribution in [0.2, 0.25) is 0 Å². The van der Waals surface area contributed by atoms with Gasteiger partial charge in [-0.05, 0) is 13.0 Å². The van der Waals surface area contributed by atoms with Crippen molar-refractivity contribution < 1.29 is 4.79 Å². The summed E-state index contributed by atoms with van der Waals surface area (Å²) in [5.74, 6) is -0.00415. The lowest BCUT2D eigenvalue weighted by molar-refractivity contribution is -0.119. The lowest BCUT2D eigenvalue weighted by atomic mass is 9.91. The molecule has 2 rings (SSSR count). The Morgan fingerprint density at radius 3 is 2.65 bits per heavy atom. The number of aromatic amines is 1. The Bertz CT molecular complexity index is 803. The first-order valence-corrected chi connectivity index (χ1v) is 7.84. The van der Waals surface area contributed by atoms with Gasteiger partial charge in [-0.15, -0.1) is 22.7 Å². The molecule has 20 heavy (non-hydrogen) atoms. The number of H-pyrrole nitrogens is 1. The van der Waals surface area contributed by atoms with Gasteiger partial charge in [0.1, 0.15) is 0 Å². The molecular weight excluding hydrogens is 292 g/mol. The average molecular weight is 308 g/mol. The second-order valence-corrected chi connectivity index (χ2v) is 7.46. The van der Waals surface area contributed by atoms with Gasteiger partial charge in [-0.1, -0.05) is 20.8 Å². The number of Topliss-reactive ketones (excluding diaryl/α,β-unsaturated/α-hetero) is 1. The van der Waals surface area contributed by atoms with Crippen molar-refractivity contribution in [1.29, 1.82) is 0 Å². The molecule has 2 aromatic rings. The second-order valence-electron chi connectivity index (χ2n) is 5.49. The van der Waals surface area contributed by atoms with Gasteiger partial charge in [0.15, 0.2) is 5.78 Å². The first-order valence-electron chi connectivity index (χ1n) is 6.14. The molecule has 0 spiro atoms. The standard InChI is InChI=1S/C14H16N2O2S2/c1-8-9(19-7-15-8)5-10-13(18)16-12(20-10)6-11(17)14(2,3)4/h5-7H,1-4H3,(H,16,18)/b10-5-,12-6+. The minimum Gasteiger partial charge on any atom is -0.313 e. The summed E-state index contributed by atoms with van der Waals surface area (Å²) in [6, 6.07) is 0. The molecule has 6 heteroatoms. The van der Waals surface area contributed by atoms with Gasteiger partial charge in [0.25, 0.3) is 5.56 Å². The van der Waals surface area contributed by atoms with Gasteiger partial charge in [0.05, 0.1) is 25.3 Å². The van der Waals surface area contributed by atoms with E-state index in [1.54, 1.807) is 5.51 Å². The normalized spacial score (nSPS) is 14.0. The average Bonchev–Trinajstić information content (AvgIpc) is 2.86. The molecule has 0 aliphatic heterocycles. The van der Waals surface area contributed by atoms with Crippen molar-refractivity contribution in [3.63, 3.8) is 0 Å². The van der Waals surface area contributed by atoms with Gasteiger partial charge in [-0.2, -0.15) is 0 Å². The fraction of sp³-hybridized carbons (Fsp3) is 0.357. The van der Waals surface area contributed by atoms with E-state index in [0.29, 0.717) is 9.20 Å². The molecule has 0 atom stereocenters. The van der Waals surface area contributed by atoms with E-state index >= 15 is 0 Å². The molecule has 0 saturated heterocycles. The van der Waals surface area contributed by atoms with Crippen molar-refractivity contribution in [3.05, 3.63) is 35.6 Å². The van der Waals surface area contributed by atoms with Crippen molar-refractivity contribution in [2.75, 3.05) is 0 Å². The lowest BCUT2D eigenvalue weighted by Crippen LogP contribution is -2.22. The Hall–Kier alpha value is -1.53. The molecule has 2 aromatic heterocycles. The molecule has 0 unspecified atom stereocenters. The predicted octanol–water partition coefficient (Wildman–Crippen LogP) is 1.43. The number of aryl methyl sites for hydroxylation is 1.